The predicted molar refractivity (Wildman–Crippen MR) is 64.6 cm³/mol. The zero-order valence-electron chi connectivity index (χ0n) is 9.58. The molecule has 1 aromatic carbocycles. The van der Waals surface area contributed by atoms with Gasteiger partial charge in [0.1, 0.15) is 5.75 Å². The maximum Gasteiger partial charge on any atom is 0.143 e. The van der Waals surface area contributed by atoms with Gasteiger partial charge in [0.05, 0.1) is 18.5 Å². The summed E-state index contributed by atoms with van der Waals surface area (Å²) in [4.78, 5) is 2.11. The summed E-state index contributed by atoms with van der Waals surface area (Å²) < 4.78 is 5.17. The molecule has 4 nitrogen and oxygen atoms in total. The minimum atomic E-state index is 0.693. The van der Waals surface area contributed by atoms with Crippen LogP contribution in [0.1, 0.15) is 0 Å². The minimum absolute atomic E-state index is 0.693. The van der Waals surface area contributed by atoms with Gasteiger partial charge in [0, 0.05) is 20.1 Å². The van der Waals surface area contributed by atoms with Crippen molar-refractivity contribution in [3.05, 3.63) is 18.2 Å². The Morgan fingerprint density at radius 1 is 1.47 bits per heavy atom. The van der Waals surface area contributed by atoms with E-state index in [0.717, 1.165) is 24.5 Å². The number of benzene rings is 1. The van der Waals surface area contributed by atoms with Crippen LogP contribution < -0.4 is 20.7 Å². The molecule has 15 heavy (non-hydrogen) atoms. The van der Waals surface area contributed by atoms with Crippen LogP contribution in [-0.2, 0) is 0 Å². The van der Waals surface area contributed by atoms with Crippen molar-refractivity contribution in [2.45, 2.75) is 0 Å². The van der Waals surface area contributed by atoms with Crippen LogP contribution in [0.2, 0.25) is 0 Å². The number of ether oxygens (including phenoxy) is 1. The first-order valence-electron chi connectivity index (χ1n) is 4.99. The van der Waals surface area contributed by atoms with Crippen LogP contribution in [0.25, 0.3) is 0 Å². The van der Waals surface area contributed by atoms with E-state index in [0.29, 0.717) is 5.69 Å². The van der Waals surface area contributed by atoms with E-state index in [4.69, 9.17) is 10.5 Å². The molecule has 0 aliphatic heterocycles. The summed E-state index contributed by atoms with van der Waals surface area (Å²) in [5, 5.41) is 3.10. The van der Waals surface area contributed by atoms with Crippen molar-refractivity contribution >= 4 is 11.4 Å². The molecule has 0 bridgehead atoms. The Kier molecular flexibility index (Phi) is 4.24. The third-order valence-corrected chi connectivity index (χ3v) is 2.37. The van der Waals surface area contributed by atoms with Crippen molar-refractivity contribution in [2.24, 2.45) is 0 Å². The Bertz CT molecular complexity index is 315. The lowest BCUT2D eigenvalue weighted by Gasteiger charge is -2.21. The number of likely N-dealkylation sites (N-methyl/N-ethyl adjacent to an activating group) is 2. The van der Waals surface area contributed by atoms with Gasteiger partial charge in [0.2, 0.25) is 0 Å². The largest absolute Gasteiger partial charge is 0.495 e. The number of para-hydroxylation sites is 1. The lowest BCUT2D eigenvalue weighted by atomic mass is 10.2. The summed E-state index contributed by atoms with van der Waals surface area (Å²) in [5.41, 5.74) is 7.68. The second kappa shape index (κ2) is 5.46. The van der Waals surface area contributed by atoms with Crippen LogP contribution in [0.4, 0.5) is 11.4 Å². The van der Waals surface area contributed by atoms with E-state index in [9.17, 15) is 0 Å². The molecular weight excluding hydrogens is 190 g/mol. The van der Waals surface area contributed by atoms with Crippen molar-refractivity contribution < 1.29 is 4.74 Å². The Labute approximate surface area is 91.0 Å². The number of hydrogen-bond acceptors (Lipinski definition) is 4. The topological polar surface area (TPSA) is 50.5 Å². The van der Waals surface area contributed by atoms with E-state index in [1.807, 2.05) is 32.3 Å². The lowest BCUT2D eigenvalue weighted by molar-refractivity contribution is 0.417. The number of nitrogen functional groups attached to an aromatic ring is 1. The van der Waals surface area contributed by atoms with Gasteiger partial charge in [-0.1, -0.05) is 6.07 Å². The second-order valence-corrected chi connectivity index (χ2v) is 3.42. The number of hydrogen-bond donors (Lipinski definition) is 2. The van der Waals surface area contributed by atoms with Gasteiger partial charge >= 0.3 is 0 Å². The molecule has 3 N–H and O–H groups in total. The molecule has 1 rings (SSSR count). The van der Waals surface area contributed by atoms with Gasteiger partial charge in [0.15, 0.2) is 0 Å². The van der Waals surface area contributed by atoms with Gasteiger partial charge in [-0.05, 0) is 19.2 Å². The van der Waals surface area contributed by atoms with Gasteiger partial charge in [-0.25, -0.2) is 0 Å². The molecule has 0 aliphatic carbocycles. The molecule has 4 heteroatoms. The van der Waals surface area contributed by atoms with Crippen LogP contribution >= 0.6 is 0 Å². The molecule has 1 aromatic rings. The molecule has 0 radical (unpaired) electrons. The van der Waals surface area contributed by atoms with Gasteiger partial charge in [0.25, 0.3) is 0 Å². The smallest absolute Gasteiger partial charge is 0.143 e. The van der Waals surface area contributed by atoms with E-state index < -0.39 is 0 Å². The quantitative estimate of drug-likeness (QED) is 0.708. The van der Waals surface area contributed by atoms with Crippen LogP contribution in [0.5, 0.6) is 5.75 Å². The highest BCUT2D eigenvalue weighted by Crippen LogP contribution is 2.30. The molecule has 0 amide bonds. The van der Waals surface area contributed by atoms with E-state index in [2.05, 4.69) is 10.2 Å². The first-order valence-corrected chi connectivity index (χ1v) is 4.99. The first kappa shape index (κ1) is 11.7. The highest BCUT2D eigenvalue weighted by molar-refractivity contribution is 5.73. The average molecular weight is 209 g/mol. The fourth-order valence-electron chi connectivity index (χ4n) is 1.44. The highest BCUT2D eigenvalue weighted by Gasteiger charge is 2.08. The van der Waals surface area contributed by atoms with Crippen molar-refractivity contribution in [3.8, 4) is 5.75 Å². The Balaban J connectivity index is 2.83. The number of anilines is 2. The molecule has 0 fully saturated rings. The molecule has 0 heterocycles. The zero-order chi connectivity index (χ0) is 11.3. The standard InChI is InChI=1S/C11H19N3O/c1-13-7-8-14(2)9-5-4-6-10(15-3)11(9)12/h4-6,13H,7-8,12H2,1-3H3. The monoisotopic (exact) mass is 209 g/mol. The molecule has 0 aliphatic rings. The van der Waals surface area contributed by atoms with Crippen molar-refractivity contribution in [2.75, 3.05) is 44.9 Å². The minimum Gasteiger partial charge on any atom is -0.495 e. The SMILES string of the molecule is CNCCN(C)c1cccc(OC)c1N. The van der Waals surface area contributed by atoms with Crippen molar-refractivity contribution in [1.82, 2.24) is 5.32 Å². The van der Waals surface area contributed by atoms with Crippen molar-refractivity contribution in [3.63, 3.8) is 0 Å². The first-order chi connectivity index (χ1) is 7.20. The molecule has 84 valence electrons. The van der Waals surface area contributed by atoms with Crippen molar-refractivity contribution in [1.29, 1.82) is 0 Å². The fourth-order valence-corrected chi connectivity index (χ4v) is 1.44. The third-order valence-electron chi connectivity index (χ3n) is 2.37. The molecule has 0 atom stereocenters. The number of nitrogens with two attached hydrogens (primary N) is 1. The molecule has 0 saturated heterocycles. The molecule has 0 unspecified atom stereocenters. The second-order valence-electron chi connectivity index (χ2n) is 3.42. The fraction of sp³-hybridized carbons (Fsp3) is 0.455. The number of rotatable bonds is 5. The van der Waals surface area contributed by atoms with E-state index in [1.54, 1.807) is 7.11 Å². The zero-order valence-corrected chi connectivity index (χ0v) is 9.58. The van der Waals surface area contributed by atoms with E-state index in [-0.39, 0.29) is 0 Å². The highest BCUT2D eigenvalue weighted by atomic mass is 16.5. The summed E-state index contributed by atoms with van der Waals surface area (Å²) in [5.74, 6) is 0.726. The van der Waals surface area contributed by atoms with E-state index in [1.165, 1.54) is 0 Å². The predicted octanol–water partition coefficient (Wildman–Crippen LogP) is 0.933. The Morgan fingerprint density at radius 3 is 2.80 bits per heavy atom. The molecule has 0 spiro atoms. The number of nitrogens with zero attached hydrogens (tertiary/aromatic N) is 1. The normalized spacial score (nSPS) is 10.1. The van der Waals surface area contributed by atoms with Crippen LogP contribution in [-0.4, -0.2) is 34.3 Å². The molecule has 0 aromatic heterocycles. The maximum atomic E-state index is 5.98. The molecular formula is C11H19N3O. The van der Waals surface area contributed by atoms with Crippen LogP contribution in [0, 0.1) is 0 Å². The Hall–Kier alpha value is -1.42. The summed E-state index contributed by atoms with van der Waals surface area (Å²) in [6.07, 6.45) is 0. The molecule has 0 saturated carbocycles. The number of nitrogens with one attached hydrogen (secondary N) is 1. The van der Waals surface area contributed by atoms with Gasteiger partial charge < -0.3 is 20.7 Å². The summed E-state index contributed by atoms with van der Waals surface area (Å²) in [6.45, 7) is 1.83. The van der Waals surface area contributed by atoms with Gasteiger partial charge in [-0.2, -0.15) is 0 Å². The maximum absolute atomic E-state index is 5.98. The Morgan fingerprint density at radius 2 is 2.20 bits per heavy atom. The number of methoxy groups -OCH3 is 1. The summed E-state index contributed by atoms with van der Waals surface area (Å²) in [6, 6.07) is 5.80. The third kappa shape index (κ3) is 2.76. The van der Waals surface area contributed by atoms with Gasteiger partial charge in [-0.15, -0.1) is 0 Å². The van der Waals surface area contributed by atoms with Crippen LogP contribution in [0.3, 0.4) is 0 Å². The van der Waals surface area contributed by atoms with Crippen LogP contribution in [0.15, 0.2) is 18.2 Å². The lowest BCUT2D eigenvalue weighted by Crippen LogP contribution is -2.27. The van der Waals surface area contributed by atoms with E-state index >= 15 is 0 Å². The van der Waals surface area contributed by atoms with Gasteiger partial charge in [-0.3, -0.25) is 0 Å². The average Bonchev–Trinajstić information content (AvgIpc) is 2.26. The summed E-state index contributed by atoms with van der Waals surface area (Å²) >= 11 is 0. The summed E-state index contributed by atoms with van der Waals surface area (Å²) in [7, 11) is 5.58.